The minimum atomic E-state index is -0.474. The predicted octanol–water partition coefficient (Wildman–Crippen LogP) is 3.92. The molecule has 7 nitrogen and oxygen atoms in total. The maximum absolute atomic E-state index is 13.7. The largest absolute Gasteiger partial charge is 0.494 e. The molecule has 1 aromatic carbocycles. The van der Waals surface area contributed by atoms with Crippen LogP contribution in [0.1, 0.15) is 11.3 Å². The lowest BCUT2D eigenvalue weighted by Gasteiger charge is -2.04. The molecule has 0 unspecified atom stereocenters. The smallest absolute Gasteiger partial charge is 0.311 e. The molecule has 0 bridgehead atoms. The van der Waals surface area contributed by atoms with Crippen LogP contribution in [0.2, 0.25) is 0 Å². The number of aromatic nitrogens is 2. The molecule has 0 atom stereocenters. The van der Waals surface area contributed by atoms with Gasteiger partial charge in [0.25, 0.3) is 0 Å². The Hall–Kier alpha value is -3.29. The van der Waals surface area contributed by atoms with E-state index in [1.165, 1.54) is 36.9 Å². The van der Waals surface area contributed by atoms with Gasteiger partial charge in [0.2, 0.25) is 0 Å². The normalized spacial score (nSPS) is 11.2. The number of methoxy groups -OCH3 is 2. The molecule has 0 aliphatic rings. The standard InChI is InChI=1S/C18H17FN4O3/c1-11-4-6-15(25-2)13(8-11)21-22-18-14(9-17(24)26-3)20-16-7-5-12(19)10-23(16)18/h4-8,10H,9H2,1-3H3. The van der Waals surface area contributed by atoms with Gasteiger partial charge in [0.1, 0.15) is 22.9 Å². The van der Waals surface area contributed by atoms with Crippen LogP contribution in [-0.4, -0.2) is 29.6 Å². The SMILES string of the molecule is COC(=O)Cc1nc2ccc(F)cn2c1N=Nc1cc(C)ccc1OC. The molecule has 0 aliphatic heterocycles. The average Bonchev–Trinajstić information content (AvgIpc) is 2.96. The highest BCUT2D eigenvalue weighted by Gasteiger charge is 2.16. The third-order valence-electron chi connectivity index (χ3n) is 3.75. The molecule has 0 amide bonds. The van der Waals surface area contributed by atoms with Crippen LogP contribution in [0.5, 0.6) is 5.75 Å². The molecule has 0 saturated heterocycles. The second-order valence-electron chi connectivity index (χ2n) is 5.59. The van der Waals surface area contributed by atoms with Crippen LogP contribution in [0.3, 0.4) is 0 Å². The van der Waals surface area contributed by atoms with Crippen LogP contribution in [0.4, 0.5) is 15.9 Å². The number of hydrogen-bond acceptors (Lipinski definition) is 6. The van der Waals surface area contributed by atoms with Crippen molar-refractivity contribution < 1.29 is 18.7 Å². The van der Waals surface area contributed by atoms with Crippen LogP contribution in [0.15, 0.2) is 46.8 Å². The number of nitrogens with zero attached hydrogens (tertiary/aromatic N) is 4. The molecular weight excluding hydrogens is 339 g/mol. The Labute approximate surface area is 149 Å². The molecular formula is C18H17FN4O3. The summed E-state index contributed by atoms with van der Waals surface area (Å²) in [6, 6.07) is 8.28. The number of carbonyl (C=O) groups excluding carboxylic acids is 1. The topological polar surface area (TPSA) is 77.5 Å². The molecule has 2 aromatic heterocycles. The van der Waals surface area contributed by atoms with E-state index in [0.717, 1.165) is 5.56 Å². The van der Waals surface area contributed by atoms with Crippen LogP contribution in [-0.2, 0) is 16.0 Å². The summed E-state index contributed by atoms with van der Waals surface area (Å²) in [7, 11) is 2.83. The first-order valence-electron chi connectivity index (χ1n) is 7.81. The van der Waals surface area contributed by atoms with Gasteiger partial charge in [0, 0.05) is 6.20 Å². The number of hydrogen-bond donors (Lipinski definition) is 0. The van der Waals surface area contributed by atoms with Crippen molar-refractivity contribution in [3.63, 3.8) is 0 Å². The number of fused-ring (bicyclic) bond motifs is 1. The maximum Gasteiger partial charge on any atom is 0.311 e. The van der Waals surface area contributed by atoms with E-state index in [9.17, 15) is 9.18 Å². The highest BCUT2D eigenvalue weighted by atomic mass is 19.1. The van der Waals surface area contributed by atoms with Crippen molar-refractivity contribution in [1.82, 2.24) is 9.38 Å². The monoisotopic (exact) mass is 356 g/mol. The Bertz CT molecular complexity index is 998. The van der Waals surface area contributed by atoms with Crippen molar-refractivity contribution in [2.45, 2.75) is 13.3 Å². The molecule has 134 valence electrons. The Morgan fingerprint density at radius 1 is 1.23 bits per heavy atom. The summed E-state index contributed by atoms with van der Waals surface area (Å²) in [5, 5.41) is 8.43. The van der Waals surface area contributed by atoms with Gasteiger partial charge in [-0.15, -0.1) is 10.2 Å². The number of pyridine rings is 1. The summed E-state index contributed by atoms with van der Waals surface area (Å²) >= 11 is 0. The van der Waals surface area contributed by atoms with Crippen LogP contribution >= 0.6 is 0 Å². The van der Waals surface area contributed by atoms with Gasteiger partial charge in [-0.25, -0.2) is 9.37 Å². The van der Waals surface area contributed by atoms with Gasteiger partial charge in [-0.1, -0.05) is 6.07 Å². The molecule has 2 heterocycles. The van der Waals surface area contributed by atoms with Crippen LogP contribution < -0.4 is 4.74 Å². The van der Waals surface area contributed by atoms with Gasteiger partial charge in [-0.2, -0.15) is 0 Å². The molecule has 3 aromatic rings. The first kappa shape index (κ1) is 17.5. The quantitative estimate of drug-likeness (QED) is 0.513. The maximum atomic E-state index is 13.7. The zero-order valence-corrected chi connectivity index (χ0v) is 14.6. The van der Waals surface area contributed by atoms with Gasteiger partial charge < -0.3 is 9.47 Å². The van der Waals surface area contributed by atoms with E-state index in [0.29, 0.717) is 22.8 Å². The zero-order valence-electron chi connectivity index (χ0n) is 14.6. The minimum absolute atomic E-state index is 0.0981. The second kappa shape index (κ2) is 7.30. The van der Waals surface area contributed by atoms with Crippen molar-refractivity contribution in [1.29, 1.82) is 0 Å². The molecule has 26 heavy (non-hydrogen) atoms. The van der Waals surface area contributed by atoms with E-state index in [4.69, 9.17) is 4.74 Å². The Kier molecular flexibility index (Phi) is 4.92. The number of ether oxygens (including phenoxy) is 2. The third kappa shape index (κ3) is 3.53. The summed E-state index contributed by atoms with van der Waals surface area (Å²) in [6.45, 7) is 1.92. The van der Waals surface area contributed by atoms with E-state index in [1.807, 2.05) is 19.1 Å². The molecule has 0 aliphatic carbocycles. The van der Waals surface area contributed by atoms with Crippen molar-refractivity contribution in [3.05, 3.63) is 53.6 Å². The van der Waals surface area contributed by atoms with Crippen LogP contribution in [0.25, 0.3) is 5.65 Å². The summed E-state index contributed by atoms with van der Waals surface area (Å²) < 4.78 is 25.1. The fourth-order valence-corrected chi connectivity index (χ4v) is 2.47. The van der Waals surface area contributed by atoms with Crippen molar-refractivity contribution in [2.24, 2.45) is 10.2 Å². The zero-order chi connectivity index (χ0) is 18.7. The predicted molar refractivity (Wildman–Crippen MR) is 92.8 cm³/mol. The van der Waals surface area contributed by atoms with Crippen molar-refractivity contribution >= 4 is 23.1 Å². The van der Waals surface area contributed by atoms with Crippen molar-refractivity contribution in [2.75, 3.05) is 14.2 Å². The highest BCUT2D eigenvalue weighted by molar-refractivity contribution is 5.74. The fourth-order valence-electron chi connectivity index (χ4n) is 2.47. The summed E-state index contributed by atoms with van der Waals surface area (Å²) in [4.78, 5) is 16.0. The number of rotatable bonds is 5. The second-order valence-corrected chi connectivity index (χ2v) is 5.59. The number of benzene rings is 1. The Morgan fingerprint density at radius 3 is 2.77 bits per heavy atom. The van der Waals surface area contributed by atoms with Gasteiger partial charge in [0.15, 0.2) is 5.82 Å². The Morgan fingerprint density at radius 2 is 2.04 bits per heavy atom. The Balaban J connectivity index is 2.10. The minimum Gasteiger partial charge on any atom is -0.494 e. The average molecular weight is 356 g/mol. The lowest BCUT2D eigenvalue weighted by atomic mass is 10.2. The van der Waals surface area contributed by atoms with E-state index < -0.39 is 11.8 Å². The molecule has 0 saturated carbocycles. The van der Waals surface area contributed by atoms with E-state index in [1.54, 1.807) is 6.07 Å². The first-order valence-corrected chi connectivity index (χ1v) is 7.81. The highest BCUT2D eigenvalue weighted by Crippen LogP contribution is 2.31. The van der Waals surface area contributed by atoms with Gasteiger partial charge in [-0.3, -0.25) is 9.20 Å². The molecule has 0 radical (unpaired) electrons. The number of esters is 1. The summed E-state index contributed by atoms with van der Waals surface area (Å²) in [5.41, 5.74) is 2.30. The van der Waals surface area contributed by atoms with E-state index in [-0.39, 0.29) is 12.2 Å². The number of halogens is 1. The van der Waals surface area contributed by atoms with E-state index >= 15 is 0 Å². The van der Waals surface area contributed by atoms with Gasteiger partial charge >= 0.3 is 5.97 Å². The fraction of sp³-hybridized carbons (Fsp3) is 0.222. The van der Waals surface area contributed by atoms with Crippen LogP contribution in [0, 0.1) is 12.7 Å². The molecule has 0 spiro atoms. The molecule has 3 rings (SSSR count). The molecule has 0 N–H and O–H groups in total. The van der Waals surface area contributed by atoms with Gasteiger partial charge in [0.05, 0.1) is 26.3 Å². The number of carbonyl (C=O) groups is 1. The lowest BCUT2D eigenvalue weighted by molar-refractivity contribution is -0.139. The van der Waals surface area contributed by atoms with E-state index in [2.05, 4.69) is 19.9 Å². The molecule has 8 heteroatoms. The van der Waals surface area contributed by atoms with Gasteiger partial charge in [-0.05, 0) is 36.8 Å². The number of aryl methyl sites for hydroxylation is 1. The summed E-state index contributed by atoms with van der Waals surface area (Å²) in [5.74, 6) is -0.120. The van der Waals surface area contributed by atoms with Crippen molar-refractivity contribution in [3.8, 4) is 5.75 Å². The summed E-state index contributed by atoms with van der Waals surface area (Å²) in [6.07, 6.45) is 1.14. The lowest BCUT2D eigenvalue weighted by Crippen LogP contribution is -2.04. The third-order valence-corrected chi connectivity index (χ3v) is 3.75. The first-order chi connectivity index (χ1) is 12.5. The molecule has 0 fully saturated rings. The number of azo groups is 1. The number of imidazole rings is 1.